The van der Waals surface area contributed by atoms with Crippen LogP contribution in [0.15, 0.2) is 53.4 Å². The van der Waals surface area contributed by atoms with Crippen LogP contribution in [0.1, 0.15) is 30.4 Å². The fourth-order valence-electron chi connectivity index (χ4n) is 5.44. The van der Waals surface area contributed by atoms with E-state index in [4.69, 9.17) is 0 Å². The molecule has 1 amide bonds. The Labute approximate surface area is 239 Å². The van der Waals surface area contributed by atoms with Crippen molar-refractivity contribution in [3.63, 3.8) is 0 Å². The highest BCUT2D eigenvalue weighted by Crippen LogP contribution is 2.54. The van der Waals surface area contributed by atoms with Gasteiger partial charge in [-0.2, -0.15) is 38.1 Å². The molecule has 16 heteroatoms. The zero-order valence-electron chi connectivity index (χ0n) is 21.4. The van der Waals surface area contributed by atoms with E-state index >= 15 is 0 Å². The fraction of sp³-hybridized carbons (Fsp3) is 0.462. The second-order valence-corrected chi connectivity index (χ2v) is 13.6. The van der Waals surface area contributed by atoms with Gasteiger partial charge in [-0.15, -0.1) is 0 Å². The average molecular weight is 646 g/mol. The molecule has 0 aromatic heterocycles. The molecule has 2 aliphatic rings. The molecular formula is C26H23F8NO5S2. The molecule has 4 rings (SSSR count). The number of hydrogen-bond donors (Lipinski definition) is 1. The maximum absolute atomic E-state index is 14.7. The number of amides is 1. The predicted octanol–water partition coefficient (Wildman–Crippen LogP) is 5.61. The van der Waals surface area contributed by atoms with Crippen LogP contribution in [0, 0.1) is 11.2 Å². The number of alkyl halides is 7. The first kappa shape index (κ1) is 32.0. The molecular weight excluding hydrogens is 622 g/mol. The van der Waals surface area contributed by atoms with Gasteiger partial charge < -0.3 is 10.0 Å². The minimum atomic E-state index is -6.40. The van der Waals surface area contributed by atoms with Crippen molar-refractivity contribution in [1.29, 1.82) is 0 Å². The van der Waals surface area contributed by atoms with Gasteiger partial charge in [0.2, 0.25) is 5.91 Å². The number of carboxylic acids is 1. The molecule has 1 atom stereocenters. The molecule has 42 heavy (non-hydrogen) atoms. The molecule has 0 saturated carbocycles. The lowest BCUT2D eigenvalue weighted by Gasteiger charge is -2.36. The van der Waals surface area contributed by atoms with E-state index in [2.05, 4.69) is 0 Å². The lowest BCUT2D eigenvalue weighted by atomic mass is 9.80. The third-order valence-electron chi connectivity index (χ3n) is 7.91. The maximum Gasteiger partial charge on any atom is 0.435 e. The number of likely N-dealkylation sites (tertiary alicyclic amines) is 1. The SMILES string of the molecule is O=C(O)C1(C(=O)N2CC[C@](c3ccc(C(F)(C(F)(F)F)C(F)(F)F)cc3)(S(=O)(=O)c3ccc(F)cc3)C2)CCSCC1. The Hall–Kier alpha value is -2.88. The highest BCUT2D eigenvalue weighted by atomic mass is 32.2. The normalized spacial score (nSPS) is 21.8. The molecule has 1 N–H and O–H groups in total. The molecule has 0 bridgehead atoms. The number of halogens is 8. The summed E-state index contributed by atoms with van der Waals surface area (Å²) in [5.74, 6) is -2.40. The Morgan fingerprint density at radius 3 is 1.83 bits per heavy atom. The van der Waals surface area contributed by atoms with Gasteiger partial charge in [0.1, 0.15) is 16.0 Å². The first-order valence-electron chi connectivity index (χ1n) is 12.4. The number of benzene rings is 2. The van der Waals surface area contributed by atoms with Crippen LogP contribution in [0.5, 0.6) is 0 Å². The number of sulfone groups is 1. The Bertz CT molecular complexity index is 1440. The Morgan fingerprint density at radius 1 is 0.833 bits per heavy atom. The largest absolute Gasteiger partial charge is 0.480 e. The highest BCUT2D eigenvalue weighted by Gasteiger charge is 2.73. The van der Waals surface area contributed by atoms with Gasteiger partial charge in [0, 0.05) is 18.7 Å². The molecule has 2 aliphatic heterocycles. The van der Waals surface area contributed by atoms with Crippen LogP contribution < -0.4 is 0 Å². The number of carbonyl (C=O) groups is 2. The number of hydrogen-bond acceptors (Lipinski definition) is 5. The zero-order valence-corrected chi connectivity index (χ0v) is 23.1. The van der Waals surface area contributed by atoms with Crippen molar-refractivity contribution < 1.29 is 58.2 Å². The number of carboxylic acid groups (broad SMARTS) is 1. The molecule has 0 unspecified atom stereocenters. The van der Waals surface area contributed by atoms with Crippen molar-refractivity contribution in [3.05, 3.63) is 65.5 Å². The van der Waals surface area contributed by atoms with Crippen molar-refractivity contribution in [2.75, 3.05) is 24.6 Å². The van der Waals surface area contributed by atoms with Gasteiger partial charge >= 0.3 is 24.0 Å². The van der Waals surface area contributed by atoms with E-state index in [1.54, 1.807) is 0 Å². The van der Waals surface area contributed by atoms with Gasteiger partial charge in [0.25, 0.3) is 0 Å². The molecule has 2 fully saturated rings. The van der Waals surface area contributed by atoms with Crippen LogP contribution >= 0.6 is 11.8 Å². The second kappa shape index (κ2) is 10.7. The summed E-state index contributed by atoms with van der Waals surface area (Å²) < 4.78 is 134. The average Bonchev–Trinajstić information content (AvgIpc) is 3.39. The Morgan fingerprint density at radius 2 is 1.36 bits per heavy atom. The zero-order chi connectivity index (χ0) is 31.4. The molecule has 2 aromatic carbocycles. The summed E-state index contributed by atoms with van der Waals surface area (Å²) in [6.07, 6.45) is -13.3. The van der Waals surface area contributed by atoms with Crippen molar-refractivity contribution in [3.8, 4) is 0 Å². The third-order valence-corrected chi connectivity index (χ3v) is 11.4. The summed E-state index contributed by atoms with van der Waals surface area (Å²) in [4.78, 5) is 26.3. The quantitative estimate of drug-likeness (QED) is 0.250. The summed E-state index contributed by atoms with van der Waals surface area (Å²) in [5.41, 5.74) is -9.80. The van der Waals surface area contributed by atoms with Gasteiger partial charge in [0.05, 0.1) is 4.90 Å². The Kier molecular flexibility index (Phi) is 8.15. The van der Waals surface area contributed by atoms with E-state index in [1.165, 1.54) is 11.8 Å². The van der Waals surface area contributed by atoms with Crippen molar-refractivity contribution in [2.45, 2.75) is 46.9 Å². The van der Waals surface area contributed by atoms with Crippen LogP contribution in [-0.2, 0) is 29.8 Å². The van der Waals surface area contributed by atoms with Crippen LogP contribution in [0.25, 0.3) is 0 Å². The van der Waals surface area contributed by atoms with Gasteiger partial charge in [-0.1, -0.05) is 24.3 Å². The second-order valence-electron chi connectivity index (χ2n) is 10.2. The van der Waals surface area contributed by atoms with Crippen LogP contribution in [0.4, 0.5) is 35.1 Å². The molecule has 6 nitrogen and oxygen atoms in total. The first-order chi connectivity index (χ1) is 19.3. The van der Waals surface area contributed by atoms with Crippen molar-refractivity contribution in [1.82, 2.24) is 4.90 Å². The molecule has 0 spiro atoms. The van der Waals surface area contributed by atoms with E-state index in [9.17, 15) is 58.2 Å². The van der Waals surface area contributed by atoms with Gasteiger partial charge in [-0.3, -0.25) is 9.59 Å². The van der Waals surface area contributed by atoms with Crippen LogP contribution in [0.3, 0.4) is 0 Å². The highest BCUT2D eigenvalue weighted by molar-refractivity contribution is 7.99. The minimum absolute atomic E-state index is 0.0395. The molecule has 0 aliphatic carbocycles. The summed E-state index contributed by atoms with van der Waals surface area (Å²) in [6, 6.07) is 5.04. The van der Waals surface area contributed by atoms with E-state index in [0.717, 1.165) is 29.2 Å². The molecule has 2 heterocycles. The summed E-state index contributed by atoms with van der Waals surface area (Å²) >= 11 is 1.43. The number of nitrogens with zero attached hydrogens (tertiary/aromatic N) is 1. The van der Waals surface area contributed by atoms with E-state index in [1.807, 2.05) is 0 Å². The number of thioether (sulfide) groups is 1. The molecule has 2 saturated heterocycles. The number of rotatable bonds is 6. The summed E-state index contributed by atoms with van der Waals surface area (Å²) in [5, 5.41) is 9.94. The van der Waals surface area contributed by atoms with Crippen LogP contribution in [-0.4, -0.2) is 67.2 Å². The Balaban J connectivity index is 1.84. The summed E-state index contributed by atoms with van der Waals surface area (Å²) in [6.45, 7) is -1.02. The standard InChI is InChI=1S/C26H23F8NO5S2/c27-18-5-7-19(8-6-18)42(39,40)23(9-12-35(15-23)20(36)22(21(37)38)10-13-41-14-11-22)16-1-3-17(4-2-16)24(28,25(29,30)31)26(32,33)34/h1-8H,9-15H2,(H,37,38)/t23-/m0/s1. The van der Waals surface area contributed by atoms with Gasteiger partial charge in [0.15, 0.2) is 9.84 Å². The fourth-order valence-corrected chi connectivity index (χ4v) is 8.71. The van der Waals surface area contributed by atoms with E-state index in [-0.39, 0.29) is 37.1 Å². The minimum Gasteiger partial charge on any atom is -0.480 e. The topological polar surface area (TPSA) is 91.8 Å². The summed E-state index contributed by atoms with van der Waals surface area (Å²) in [7, 11) is -4.66. The van der Waals surface area contributed by atoms with Gasteiger partial charge in [-0.25, -0.2) is 17.2 Å². The maximum atomic E-state index is 14.7. The van der Waals surface area contributed by atoms with Crippen molar-refractivity contribution >= 4 is 33.5 Å². The molecule has 2 aromatic rings. The predicted molar refractivity (Wildman–Crippen MR) is 134 cm³/mol. The smallest absolute Gasteiger partial charge is 0.435 e. The van der Waals surface area contributed by atoms with Gasteiger partial charge in [-0.05, 0) is 60.6 Å². The first-order valence-corrected chi connectivity index (χ1v) is 15.0. The van der Waals surface area contributed by atoms with Crippen LogP contribution in [0.2, 0.25) is 0 Å². The molecule has 0 radical (unpaired) electrons. The van der Waals surface area contributed by atoms with Crippen molar-refractivity contribution in [2.24, 2.45) is 5.41 Å². The third kappa shape index (κ3) is 4.93. The number of aliphatic carboxylic acids is 1. The lowest BCUT2D eigenvalue weighted by molar-refractivity contribution is -0.348. The van der Waals surface area contributed by atoms with E-state index in [0.29, 0.717) is 23.6 Å². The van der Waals surface area contributed by atoms with E-state index < -0.39 is 79.1 Å². The number of carbonyl (C=O) groups excluding carboxylic acids is 1. The molecule has 230 valence electrons. The monoisotopic (exact) mass is 645 g/mol. The lowest BCUT2D eigenvalue weighted by Crippen LogP contribution is -2.51.